The van der Waals surface area contributed by atoms with Gasteiger partial charge in [0.05, 0.1) is 17.6 Å². The molecule has 2 N–H and O–H groups in total. The Bertz CT molecular complexity index is 701. The first-order valence-corrected chi connectivity index (χ1v) is 6.59. The third kappa shape index (κ3) is 2.69. The summed E-state index contributed by atoms with van der Waals surface area (Å²) >= 11 is 0. The summed E-state index contributed by atoms with van der Waals surface area (Å²) in [6, 6.07) is 11.8. The van der Waals surface area contributed by atoms with E-state index in [9.17, 15) is 4.79 Å². The average molecular weight is 266 g/mol. The highest BCUT2D eigenvalue weighted by Crippen LogP contribution is 2.20. The molecule has 0 unspecified atom stereocenters. The Morgan fingerprint density at radius 1 is 1.40 bits per heavy atom. The van der Waals surface area contributed by atoms with Crippen molar-refractivity contribution in [1.82, 2.24) is 10.3 Å². The quantitative estimate of drug-likeness (QED) is 0.884. The molecule has 1 heterocycles. The molecule has 1 saturated carbocycles. The van der Waals surface area contributed by atoms with Gasteiger partial charge in [-0.05, 0) is 25.0 Å². The van der Waals surface area contributed by atoms with E-state index in [-0.39, 0.29) is 12.5 Å². The minimum absolute atomic E-state index is 0.0636. The van der Waals surface area contributed by atoms with Gasteiger partial charge < -0.3 is 10.6 Å². The van der Waals surface area contributed by atoms with Crippen LogP contribution >= 0.6 is 0 Å². The molecule has 0 saturated heterocycles. The molecule has 0 spiro atoms. The van der Waals surface area contributed by atoms with Gasteiger partial charge in [0.25, 0.3) is 0 Å². The molecule has 0 radical (unpaired) electrons. The molecule has 1 aromatic heterocycles. The zero-order valence-corrected chi connectivity index (χ0v) is 10.9. The van der Waals surface area contributed by atoms with Crippen molar-refractivity contribution in [1.29, 1.82) is 5.26 Å². The number of aromatic nitrogens is 1. The van der Waals surface area contributed by atoms with Gasteiger partial charge >= 0.3 is 0 Å². The van der Waals surface area contributed by atoms with Crippen molar-refractivity contribution in [2.75, 3.05) is 11.9 Å². The number of carbonyl (C=O) groups excluding carboxylic acids is 1. The number of nitrogens with one attached hydrogen (secondary N) is 2. The minimum atomic E-state index is -0.0636. The second kappa shape index (κ2) is 5.17. The number of fused-ring (bicyclic) bond motifs is 1. The Labute approximate surface area is 116 Å². The van der Waals surface area contributed by atoms with Crippen molar-refractivity contribution in [3.63, 3.8) is 0 Å². The van der Waals surface area contributed by atoms with Crippen LogP contribution in [0, 0.1) is 11.3 Å². The molecule has 20 heavy (non-hydrogen) atoms. The molecular weight excluding hydrogens is 252 g/mol. The Hall–Kier alpha value is -2.61. The SMILES string of the molecule is N#Cc1cc2ccccc2nc1NCC(=O)NC1CC1. The fourth-order valence-corrected chi connectivity index (χ4v) is 2.01. The molecule has 1 aliphatic rings. The number of nitrogens with zero attached hydrogens (tertiary/aromatic N) is 2. The summed E-state index contributed by atoms with van der Waals surface area (Å²) in [5, 5.41) is 15.9. The van der Waals surface area contributed by atoms with Gasteiger partial charge in [-0.1, -0.05) is 18.2 Å². The fourth-order valence-electron chi connectivity index (χ4n) is 2.01. The van der Waals surface area contributed by atoms with E-state index in [1.807, 2.05) is 24.3 Å². The number of rotatable bonds is 4. The first kappa shape index (κ1) is 12.4. The Balaban J connectivity index is 1.78. The number of para-hydroxylation sites is 1. The van der Waals surface area contributed by atoms with E-state index in [0.717, 1.165) is 23.7 Å². The predicted molar refractivity (Wildman–Crippen MR) is 76.1 cm³/mol. The van der Waals surface area contributed by atoms with Gasteiger partial charge in [0.15, 0.2) is 0 Å². The van der Waals surface area contributed by atoms with E-state index in [1.165, 1.54) is 0 Å². The van der Waals surface area contributed by atoms with Gasteiger partial charge in [-0.3, -0.25) is 4.79 Å². The molecule has 1 amide bonds. The molecule has 0 bridgehead atoms. The lowest BCUT2D eigenvalue weighted by atomic mass is 10.1. The Morgan fingerprint density at radius 2 is 2.20 bits per heavy atom. The molecule has 5 heteroatoms. The van der Waals surface area contributed by atoms with Crippen LogP contribution in [0.15, 0.2) is 30.3 Å². The number of pyridine rings is 1. The smallest absolute Gasteiger partial charge is 0.239 e. The lowest BCUT2D eigenvalue weighted by molar-refractivity contribution is -0.119. The highest BCUT2D eigenvalue weighted by atomic mass is 16.2. The van der Waals surface area contributed by atoms with Gasteiger partial charge in [-0.15, -0.1) is 0 Å². The number of carbonyl (C=O) groups is 1. The zero-order chi connectivity index (χ0) is 13.9. The number of anilines is 1. The molecule has 100 valence electrons. The number of hydrogen-bond acceptors (Lipinski definition) is 4. The van der Waals surface area contributed by atoms with Crippen molar-refractivity contribution < 1.29 is 4.79 Å². The third-order valence-electron chi connectivity index (χ3n) is 3.20. The van der Waals surface area contributed by atoms with E-state index in [4.69, 9.17) is 5.26 Å². The van der Waals surface area contributed by atoms with E-state index in [0.29, 0.717) is 17.4 Å². The predicted octanol–water partition coefficient (Wildman–Crippen LogP) is 1.80. The Kier molecular flexibility index (Phi) is 3.21. The van der Waals surface area contributed by atoms with Crippen LogP contribution in [0.2, 0.25) is 0 Å². The molecule has 2 aromatic rings. The van der Waals surface area contributed by atoms with Crippen LogP contribution in [0.3, 0.4) is 0 Å². The first-order valence-electron chi connectivity index (χ1n) is 6.59. The van der Waals surface area contributed by atoms with Crippen molar-refractivity contribution in [3.05, 3.63) is 35.9 Å². The number of benzene rings is 1. The standard InChI is InChI=1S/C15H14N4O/c16-8-11-7-10-3-1-2-4-13(10)19-15(11)17-9-14(20)18-12-5-6-12/h1-4,7,12H,5-6,9H2,(H,17,19)(H,18,20). The van der Waals surface area contributed by atoms with Crippen molar-refractivity contribution in [3.8, 4) is 6.07 Å². The molecular formula is C15H14N4O. The van der Waals surface area contributed by atoms with Crippen LogP contribution in [0.5, 0.6) is 0 Å². The second-order valence-electron chi connectivity index (χ2n) is 4.88. The van der Waals surface area contributed by atoms with E-state index >= 15 is 0 Å². The van der Waals surface area contributed by atoms with Gasteiger partial charge in [0, 0.05) is 11.4 Å². The van der Waals surface area contributed by atoms with Crippen molar-refractivity contribution in [2.45, 2.75) is 18.9 Å². The van der Waals surface area contributed by atoms with Gasteiger partial charge in [0.1, 0.15) is 11.9 Å². The van der Waals surface area contributed by atoms with Crippen LogP contribution in [-0.2, 0) is 4.79 Å². The number of nitriles is 1. The van der Waals surface area contributed by atoms with E-state index in [2.05, 4.69) is 21.7 Å². The summed E-state index contributed by atoms with van der Waals surface area (Å²) in [6.07, 6.45) is 2.12. The van der Waals surface area contributed by atoms with Crippen LogP contribution in [-0.4, -0.2) is 23.5 Å². The van der Waals surface area contributed by atoms with Gasteiger partial charge in [-0.25, -0.2) is 4.98 Å². The highest BCUT2D eigenvalue weighted by Gasteiger charge is 2.23. The lowest BCUT2D eigenvalue weighted by Gasteiger charge is -2.09. The average Bonchev–Trinajstić information content (AvgIpc) is 3.28. The maximum Gasteiger partial charge on any atom is 0.239 e. The molecule has 0 aliphatic heterocycles. The number of amides is 1. The third-order valence-corrected chi connectivity index (χ3v) is 3.20. The fraction of sp³-hybridized carbons (Fsp3) is 0.267. The normalized spacial score (nSPS) is 13.8. The maximum atomic E-state index is 11.6. The van der Waals surface area contributed by atoms with Crippen LogP contribution in [0.25, 0.3) is 10.9 Å². The Morgan fingerprint density at radius 3 is 2.95 bits per heavy atom. The summed E-state index contributed by atoms with van der Waals surface area (Å²) in [4.78, 5) is 16.0. The highest BCUT2D eigenvalue weighted by molar-refractivity contribution is 5.85. The molecule has 1 aliphatic carbocycles. The maximum absolute atomic E-state index is 11.6. The molecule has 3 rings (SSSR count). The topological polar surface area (TPSA) is 77.8 Å². The van der Waals surface area contributed by atoms with E-state index in [1.54, 1.807) is 6.07 Å². The van der Waals surface area contributed by atoms with Gasteiger partial charge in [0.2, 0.25) is 5.91 Å². The molecule has 0 atom stereocenters. The summed E-state index contributed by atoms with van der Waals surface area (Å²) in [6.45, 7) is 0.135. The molecule has 5 nitrogen and oxygen atoms in total. The lowest BCUT2D eigenvalue weighted by Crippen LogP contribution is -2.31. The van der Waals surface area contributed by atoms with Gasteiger partial charge in [-0.2, -0.15) is 5.26 Å². The minimum Gasteiger partial charge on any atom is -0.360 e. The van der Waals surface area contributed by atoms with Crippen LogP contribution < -0.4 is 10.6 Å². The van der Waals surface area contributed by atoms with Crippen molar-refractivity contribution in [2.24, 2.45) is 0 Å². The van der Waals surface area contributed by atoms with Crippen LogP contribution in [0.1, 0.15) is 18.4 Å². The first-order chi connectivity index (χ1) is 9.76. The summed E-state index contributed by atoms with van der Waals surface area (Å²) in [7, 11) is 0. The summed E-state index contributed by atoms with van der Waals surface area (Å²) in [5.41, 5.74) is 1.25. The number of hydrogen-bond donors (Lipinski definition) is 2. The van der Waals surface area contributed by atoms with E-state index < -0.39 is 0 Å². The summed E-state index contributed by atoms with van der Waals surface area (Å²) < 4.78 is 0. The molecule has 1 fully saturated rings. The summed E-state index contributed by atoms with van der Waals surface area (Å²) in [5.74, 6) is 0.392. The molecule has 1 aromatic carbocycles. The van der Waals surface area contributed by atoms with Crippen molar-refractivity contribution >= 4 is 22.6 Å². The zero-order valence-electron chi connectivity index (χ0n) is 10.9. The monoisotopic (exact) mass is 266 g/mol. The second-order valence-corrected chi connectivity index (χ2v) is 4.88. The largest absolute Gasteiger partial charge is 0.360 e. The van der Waals surface area contributed by atoms with Crippen LogP contribution in [0.4, 0.5) is 5.82 Å².